The molecule has 4 rings (SSSR count). The van der Waals surface area contributed by atoms with Crippen molar-refractivity contribution in [3.63, 3.8) is 0 Å². The minimum absolute atomic E-state index is 0.256. The van der Waals surface area contributed by atoms with Crippen molar-refractivity contribution in [3.05, 3.63) is 95.1 Å². The lowest BCUT2D eigenvalue weighted by Crippen LogP contribution is -2.26. The summed E-state index contributed by atoms with van der Waals surface area (Å²) in [5.41, 5.74) is 10.9. The van der Waals surface area contributed by atoms with Gasteiger partial charge in [0.2, 0.25) is 11.9 Å². The molecule has 0 saturated carbocycles. The van der Waals surface area contributed by atoms with Crippen LogP contribution in [0.2, 0.25) is 0 Å². The maximum Gasteiger partial charge on any atom is 0.241 e. The molecule has 1 aromatic heterocycles. The summed E-state index contributed by atoms with van der Waals surface area (Å²) >= 11 is 0. The Labute approximate surface area is 207 Å². The highest BCUT2D eigenvalue weighted by atomic mass is 16.5. The molecule has 0 bridgehead atoms. The van der Waals surface area contributed by atoms with Gasteiger partial charge in [0, 0.05) is 13.1 Å². The van der Waals surface area contributed by atoms with Crippen molar-refractivity contribution >= 4 is 11.9 Å². The topological polar surface area (TPSA) is 78.4 Å². The fourth-order valence-electron chi connectivity index (χ4n) is 4.06. The Morgan fingerprint density at radius 2 is 1.23 bits per heavy atom. The first-order chi connectivity index (χ1) is 17.1. The number of nitrogens with two attached hydrogens (primary N) is 1. The quantitative estimate of drug-likeness (QED) is 0.328. The SMILES string of the molecule is CCCc1ccc(CN(Cc2ccc(OC)cc2)c2nc(N)nn2Cc2ccc(OC)cc2)cc1. The molecule has 182 valence electrons. The van der Waals surface area contributed by atoms with Crippen molar-refractivity contribution in [2.24, 2.45) is 0 Å². The van der Waals surface area contributed by atoms with Crippen LogP contribution in [0.3, 0.4) is 0 Å². The Morgan fingerprint density at radius 3 is 1.74 bits per heavy atom. The Balaban J connectivity index is 1.63. The summed E-state index contributed by atoms with van der Waals surface area (Å²) in [5, 5.41) is 4.51. The van der Waals surface area contributed by atoms with Crippen LogP contribution in [0.15, 0.2) is 72.8 Å². The highest BCUT2D eigenvalue weighted by Gasteiger charge is 2.18. The van der Waals surface area contributed by atoms with Gasteiger partial charge < -0.3 is 20.1 Å². The molecule has 0 aliphatic heterocycles. The first kappa shape index (κ1) is 24.1. The van der Waals surface area contributed by atoms with E-state index in [4.69, 9.17) is 15.2 Å². The van der Waals surface area contributed by atoms with Crippen LogP contribution in [0.1, 0.15) is 35.6 Å². The second-order valence-electron chi connectivity index (χ2n) is 8.55. The van der Waals surface area contributed by atoms with Gasteiger partial charge in [-0.25, -0.2) is 4.68 Å². The molecule has 0 aliphatic carbocycles. The van der Waals surface area contributed by atoms with Gasteiger partial charge in [0.05, 0.1) is 20.8 Å². The van der Waals surface area contributed by atoms with Gasteiger partial charge in [0.15, 0.2) is 0 Å². The van der Waals surface area contributed by atoms with Crippen LogP contribution in [-0.2, 0) is 26.1 Å². The molecule has 1 heterocycles. The summed E-state index contributed by atoms with van der Waals surface area (Å²) in [4.78, 5) is 6.83. The molecule has 0 atom stereocenters. The van der Waals surface area contributed by atoms with Crippen molar-refractivity contribution in [2.45, 2.75) is 39.4 Å². The van der Waals surface area contributed by atoms with Crippen LogP contribution >= 0.6 is 0 Å². The van der Waals surface area contributed by atoms with E-state index in [-0.39, 0.29) is 5.95 Å². The number of nitrogen functional groups attached to an aromatic ring is 1. The van der Waals surface area contributed by atoms with E-state index >= 15 is 0 Å². The maximum absolute atomic E-state index is 6.09. The lowest BCUT2D eigenvalue weighted by atomic mass is 10.1. The Kier molecular flexibility index (Phi) is 7.88. The smallest absolute Gasteiger partial charge is 0.241 e. The minimum atomic E-state index is 0.256. The van der Waals surface area contributed by atoms with Gasteiger partial charge in [0.1, 0.15) is 11.5 Å². The fraction of sp³-hybridized carbons (Fsp3) is 0.286. The average Bonchev–Trinajstić information content (AvgIpc) is 3.25. The summed E-state index contributed by atoms with van der Waals surface area (Å²) in [5.74, 6) is 2.64. The van der Waals surface area contributed by atoms with Crippen molar-refractivity contribution in [1.82, 2.24) is 14.8 Å². The molecule has 0 spiro atoms. The molecule has 0 aliphatic rings. The number of hydrogen-bond donors (Lipinski definition) is 1. The molecule has 4 aromatic rings. The summed E-state index contributed by atoms with van der Waals surface area (Å²) < 4.78 is 12.5. The molecular formula is C28H33N5O2. The molecule has 3 aromatic carbocycles. The zero-order valence-corrected chi connectivity index (χ0v) is 20.6. The third-order valence-electron chi connectivity index (χ3n) is 5.91. The molecular weight excluding hydrogens is 438 g/mol. The van der Waals surface area contributed by atoms with E-state index in [0.29, 0.717) is 19.6 Å². The summed E-state index contributed by atoms with van der Waals surface area (Å²) in [7, 11) is 3.34. The molecule has 0 saturated heterocycles. The van der Waals surface area contributed by atoms with Crippen molar-refractivity contribution < 1.29 is 9.47 Å². The molecule has 35 heavy (non-hydrogen) atoms. The predicted octanol–water partition coefficient (Wildman–Crippen LogP) is 5.09. The first-order valence-electron chi connectivity index (χ1n) is 11.9. The molecule has 7 heteroatoms. The Hall–Kier alpha value is -4.00. The van der Waals surface area contributed by atoms with Crippen LogP contribution in [0.5, 0.6) is 11.5 Å². The van der Waals surface area contributed by atoms with E-state index < -0.39 is 0 Å². The number of hydrogen-bond acceptors (Lipinski definition) is 6. The van der Waals surface area contributed by atoms with Gasteiger partial charge in [-0.15, -0.1) is 5.10 Å². The highest BCUT2D eigenvalue weighted by molar-refractivity contribution is 5.41. The van der Waals surface area contributed by atoms with Gasteiger partial charge in [-0.05, 0) is 52.9 Å². The summed E-state index contributed by atoms with van der Waals surface area (Å²) in [6.45, 7) is 4.09. The minimum Gasteiger partial charge on any atom is -0.497 e. The Bertz CT molecular complexity index is 1200. The normalized spacial score (nSPS) is 10.8. The van der Waals surface area contributed by atoms with Crippen molar-refractivity contribution in [3.8, 4) is 11.5 Å². The molecule has 7 nitrogen and oxygen atoms in total. The number of aryl methyl sites for hydroxylation is 1. The second kappa shape index (κ2) is 11.4. The number of nitrogens with zero attached hydrogens (tertiary/aromatic N) is 4. The summed E-state index contributed by atoms with van der Waals surface area (Å²) in [6.07, 6.45) is 2.22. The van der Waals surface area contributed by atoms with Crippen LogP contribution in [0.4, 0.5) is 11.9 Å². The number of methoxy groups -OCH3 is 2. The number of anilines is 2. The van der Waals surface area contributed by atoms with E-state index in [1.54, 1.807) is 14.2 Å². The Morgan fingerprint density at radius 1 is 0.743 bits per heavy atom. The first-order valence-corrected chi connectivity index (χ1v) is 11.9. The lowest BCUT2D eigenvalue weighted by molar-refractivity contribution is 0.414. The molecule has 0 amide bonds. The van der Waals surface area contributed by atoms with Gasteiger partial charge >= 0.3 is 0 Å². The molecule has 0 unspecified atom stereocenters. The average molecular weight is 472 g/mol. The second-order valence-corrected chi connectivity index (χ2v) is 8.55. The zero-order valence-electron chi connectivity index (χ0n) is 20.6. The van der Waals surface area contributed by atoms with Crippen LogP contribution < -0.4 is 20.1 Å². The fourth-order valence-corrected chi connectivity index (χ4v) is 4.06. The third kappa shape index (κ3) is 6.32. The number of aromatic nitrogens is 3. The lowest BCUT2D eigenvalue weighted by Gasteiger charge is -2.24. The third-order valence-corrected chi connectivity index (χ3v) is 5.91. The van der Waals surface area contributed by atoms with Crippen LogP contribution in [0, 0.1) is 0 Å². The standard InChI is InChI=1S/C28H33N5O2/c1-4-5-21-6-8-22(9-7-21)18-32(19-23-10-14-25(34-2)15-11-23)28-30-27(29)31-33(28)20-24-12-16-26(35-3)17-13-24/h6-17H,4-5,18-20H2,1-3H3,(H2,29,31). The largest absolute Gasteiger partial charge is 0.497 e. The van der Waals surface area contributed by atoms with E-state index in [1.807, 2.05) is 41.1 Å². The van der Waals surface area contributed by atoms with Crippen molar-refractivity contribution in [1.29, 1.82) is 0 Å². The molecule has 0 fully saturated rings. The van der Waals surface area contributed by atoms with Crippen LogP contribution in [0.25, 0.3) is 0 Å². The number of rotatable bonds is 11. The zero-order chi connectivity index (χ0) is 24.6. The van der Waals surface area contributed by atoms with E-state index in [2.05, 4.69) is 58.3 Å². The van der Waals surface area contributed by atoms with Gasteiger partial charge in [0.25, 0.3) is 0 Å². The van der Waals surface area contributed by atoms with Crippen LogP contribution in [-0.4, -0.2) is 29.0 Å². The van der Waals surface area contributed by atoms with Gasteiger partial charge in [-0.3, -0.25) is 0 Å². The maximum atomic E-state index is 6.09. The van der Waals surface area contributed by atoms with E-state index in [9.17, 15) is 0 Å². The number of benzene rings is 3. The molecule has 2 N–H and O–H groups in total. The predicted molar refractivity (Wildman–Crippen MR) is 140 cm³/mol. The van der Waals surface area contributed by atoms with Crippen molar-refractivity contribution in [2.75, 3.05) is 24.9 Å². The van der Waals surface area contributed by atoms with Gasteiger partial charge in [-0.1, -0.05) is 61.9 Å². The number of ether oxygens (including phenoxy) is 2. The van der Waals surface area contributed by atoms with E-state index in [1.165, 1.54) is 11.1 Å². The summed E-state index contributed by atoms with van der Waals surface area (Å²) in [6, 6.07) is 24.9. The van der Waals surface area contributed by atoms with E-state index in [0.717, 1.165) is 41.4 Å². The monoisotopic (exact) mass is 471 g/mol. The molecule has 0 radical (unpaired) electrons. The van der Waals surface area contributed by atoms with Gasteiger partial charge in [-0.2, -0.15) is 4.98 Å². The highest BCUT2D eigenvalue weighted by Crippen LogP contribution is 2.23.